The molecule has 1 heterocycles. The van der Waals surface area contributed by atoms with Crippen LogP contribution in [0.2, 0.25) is 0 Å². The van der Waals surface area contributed by atoms with Crippen molar-refractivity contribution in [2.75, 3.05) is 12.9 Å². The number of aryl methyl sites for hydroxylation is 1. The highest BCUT2D eigenvalue weighted by atomic mass is 32.2. The van der Waals surface area contributed by atoms with Gasteiger partial charge in [-0.1, -0.05) is 0 Å². The Labute approximate surface area is 75.7 Å². The van der Waals surface area contributed by atoms with Crippen LogP contribution in [0.25, 0.3) is 0 Å². The van der Waals surface area contributed by atoms with Crippen molar-refractivity contribution in [3.63, 3.8) is 0 Å². The van der Waals surface area contributed by atoms with Gasteiger partial charge in [-0.2, -0.15) is 0 Å². The summed E-state index contributed by atoms with van der Waals surface area (Å²) in [6.45, 7) is 1.91. The zero-order valence-electron chi connectivity index (χ0n) is 7.11. The van der Waals surface area contributed by atoms with Gasteiger partial charge in [0.05, 0.1) is 17.0 Å². The second-order valence-corrected chi connectivity index (χ2v) is 3.46. The molecule has 0 spiro atoms. The number of furan rings is 1. The third-order valence-corrected chi connectivity index (χ3v) is 2.69. The molecule has 0 unspecified atom stereocenters. The highest BCUT2D eigenvalue weighted by Crippen LogP contribution is 2.22. The fraction of sp³-hybridized carbons (Fsp3) is 0.375. The molecule has 0 atom stereocenters. The van der Waals surface area contributed by atoms with E-state index in [4.69, 9.17) is 4.42 Å². The SMILES string of the molecule is Cc1occc1SCN(C)C=O. The predicted molar refractivity (Wildman–Crippen MR) is 48.0 cm³/mol. The van der Waals surface area contributed by atoms with Crippen LogP contribution >= 0.6 is 11.8 Å². The van der Waals surface area contributed by atoms with Crippen molar-refractivity contribution in [2.45, 2.75) is 11.8 Å². The van der Waals surface area contributed by atoms with Gasteiger partial charge in [-0.15, -0.1) is 11.8 Å². The van der Waals surface area contributed by atoms with E-state index in [1.54, 1.807) is 30.0 Å². The maximum atomic E-state index is 10.2. The lowest BCUT2D eigenvalue weighted by Crippen LogP contribution is -2.14. The average Bonchev–Trinajstić information content (AvgIpc) is 2.47. The van der Waals surface area contributed by atoms with Gasteiger partial charge in [-0.3, -0.25) is 4.79 Å². The number of thioether (sulfide) groups is 1. The predicted octanol–water partition coefficient (Wildman–Crippen LogP) is 1.73. The van der Waals surface area contributed by atoms with Crippen molar-refractivity contribution in [2.24, 2.45) is 0 Å². The normalized spacial score (nSPS) is 9.83. The molecule has 0 aliphatic rings. The summed E-state index contributed by atoms with van der Waals surface area (Å²) in [5.74, 6) is 1.56. The molecule has 4 heteroatoms. The smallest absolute Gasteiger partial charge is 0.210 e. The molecular weight excluding hydrogens is 174 g/mol. The minimum Gasteiger partial charge on any atom is -0.468 e. The summed E-state index contributed by atoms with van der Waals surface area (Å²) in [4.78, 5) is 12.9. The third kappa shape index (κ3) is 2.30. The van der Waals surface area contributed by atoms with E-state index in [1.807, 2.05) is 13.0 Å². The van der Waals surface area contributed by atoms with Crippen LogP contribution in [0.15, 0.2) is 21.6 Å². The molecule has 3 nitrogen and oxygen atoms in total. The van der Waals surface area contributed by atoms with E-state index in [2.05, 4.69) is 0 Å². The number of rotatable bonds is 4. The van der Waals surface area contributed by atoms with E-state index in [1.165, 1.54) is 0 Å². The lowest BCUT2D eigenvalue weighted by molar-refractivity contribution is -0.116. The molecule has 0 radical (unpaired) electrons. The van der Waals surface area contributed by atoms with Gasteiger partial charge in [0.25, 0.3) is 0 Å². The molecule has 0 aliphatic heterocycles. The van der Waals surface area contributed by atoms with Crippen molar-refractivity contribution in [1.29, 1.82) is 0 Å². The van der Waals surface area contributed by atoms with Crippen LogP contribution in [-0.4, -0.2) is 24.2 Å². The zero-order valence-corrected chi connectivity index (χ0v) is 7.93. The fourth-order valence-corrected chi connectivity index (χ4v) is 1.53. The Morgan fingerprint density at radius 2 is 2.50 bits per heavy atom. The molecule has 1 aromatic heterocycles. The van der Waals surface area contributed by atoms with E-state index in [0.717, 1.165) is 17.1 Å². The van der Waals surface area contributed by atoms with Crippen molar-refractivity contribution in [1.82, 2.24) is 4.90 Å². The second kappa shape index (κ2) is 4.21. The van der Waals surface area contributed by atoms with Crippen LogP contribution in [0.4, 0.5) is 0 Å². The topological polar surface area (TPSA) is 33.5 Å². The highest BCUT2D eigenvalue weighted by Gasteiger charge is 2.02. The number of carbonyl (C=O) groups is 1. The summed E-state index contributed by atoms with van der Waals surface area (Å²) in [6.07, 6.45) is 2.46. The Balaban J connectivity index is 2.43. The van der Waals surface area contributed by atoms with Crippen LogP contribution in [0.5, 0.6) is 0 Å². The fourth-order valence-electron chi connectivity index (χ4n) is 0.725. The van der Waals surface area contributed by atoms with Crippen molar-refractivity contribution in [3.05, 3.63) is 18.1 Å². The lowest BCUT2D eigenvalue weighted by Gasteiger charge is -2.08. The van der Waals surface area contributed by atoms with E-state index < -0.39 is 0 Å². The van der Waals surface area contributed by atoms with Crippen molar-refractivity contribution < 1.29 is 9.21 Å². The molecular formula is C8H11NO2S. The molecule has 1 amide bonds. The summed E-state index contributed by atoms with van der Waals surface area (Å²) in [7, 11) is 1.75. The number of carbonyl (C=O) groups excluding carboxylic acids is 1. The quantitative estimate of drug-likeness (QED) is 0.407. The number of nitrogens with zero attached hydrogens (tertiary/aromatic N) is 1. The number of hydrogen-bond acceptors (Lipinski definition) is 3. The van der Waals surface area contributed by atoms with Crippen LogP contribution in [-0.2, 0) is 4.79 Å². The molecule has 12 heavy (non-hydrogen) atoms. The third-order valence-electron chi connectivity index (χ3n) is 1.41. The summed E-state index contributed by atoms with van der Waals surface area (Å²) in [5, 5.41) is 0. The summed E-state index contributed by atoms with van der Waals surface area (Å²) < 4.78 is 5.10. The first-order valence-electron chi connectivity index (χ1n) is 3.56. The monoisotopic (exact) mass is 185 g/mol. The summed E-state index contributed by atoms with van der Waals surface area (Å²) in [6, 6.07) is 1.90. The van der Waals surface area contributed by atoms with Crippen LogP contribution in [0.1, 0.15) is 5.76 Å². The van der Waals surface area contributed by atoms with Gasteiger partial charge < -0.3 is 9.32 Å². The molecule has 0 bridgehead atoms. The maximum Gasteiger partial charge on any atom is 0.210 e. The van der Waals surface area contributed by atoms with Gasteiger partial charge in [-0.25, -0.2) is 0 Å². The molecule has 1 rings (SSSR count). The van der Waals surface area contributed by atoms with Gasteiger partial charge in [0.1, 0.15) is 5.76 Å². The standard InChI is InChI=1S/C8H11NO2S/c1-7-8(3-4-11-7)12-6-9(2)5-10/h3-5H,6H2,1-2H3. The Bertz CT molecular complexity index is 259. The van der Waals surface area contributed by atoms with E-state index in [0.29, 0.717) is 5.88 Å². The van der Waals surface area contributed by atoms with Crippen LogP contribution in [0, 0.1) is 6.92 Å². The molecule has 0 aromatic carbocycles. The molecule has 0 fully saturated rings. The molecule has 0 saturated carbocycles. The molecule has 0 saturated heterocycles. The minimum atomic E-state index is 0.657. The minimum absolute atomic E-state index is 0.657. The van der Waals surface area contributed by atoms with E-state index in [-0.39, 0.29) is 0 Å². The Kier molecular flexibility index (Phi) is 3.22. The molecule has 0 N–H and O–H groups in total. The van der Waals surface area contributed by atoms with Gasteiger partial charge in [-0.05, 0) is 13.0 Å². The van der Waals surface area contributed by atoms with Gasteiger partial charge in [0.2, 0.25) is 6.41 Å². The zero-order chi connectivity index (χ0) is 8.97. The number of amides is 1. The van der Waals surface area contributed by atoms with Crippen molar-refractivity contribution >= 4 is 18.2 Å². The first kappa shape index (κ1) is 9.19. The van der Waals surface area contributed by atoms with E-state index in [9.17, 15) is 4.79 Å². The first-order chi connectivity index (χ1) is 5.74. The van der Waals surface area contributed by atoms with Crippen LogP contribution < -0.4 is 0 Å². The first-order valence-corrected chi connectivity index (χ1v) is 4.55. The van der Waals surface area contributed by atoms with Crippen molar-refractivity contribution in [3.8, 4) is 0 Å². The van der Waals surface area contributed by atoms with Gasteiger partial charge >= 0.3 is 0 Å². The largest absolute Gasteiger partial charge is 0.468 e. The lowest BCUT2D eigenvalue weighted by atomic mass is 10.5. The Morgan fingerprint density at radius 3 is 3.00 bits per heavy atom. The highest BCUT2D eigenvalue weighted by molar-refractivity contribution is 7.99. The maximum absolute atomic E-state index is 10.2. The summed E-state index contributed by atoms with van der Waals surface area (Å²) in [5.41, 5.74) is 0. The van der Waals surface area contributed by atoms with Gasteiger partial charge in [0.15, 0.2) is 0 Å². The van der Waals surface area contributed by atoms with E-state index >= 15 is 0 Å². The Morgan fingerprint density at radius 1 is 1.75 bits per heavy atom. The summed E-state index contributed by atoms with van der Waals surface area (Å²) >= 11 is 1.59. The number of hydrogen-bond donors (Lipinski definition) is 0. The Hall–Kier alpha value is -0.900. The molecule has 0 aliphatic carbocycles. The van der Waals surface area contributed by atoms with Crippen LogP contribution in [0.3, 0.4) is 0 Å². The molecule has 66 valence electrons. The van der Waals surface area contributed by atoms with Gasteiger partial charge in [0, 0.05) is 7.05 Å². The second-order valence-electron chi connectivity index (χ2n) is 2.48. The molecule has 1 aromatic rings. The average molecular weight is 185 g/mol.